The van der Waals surface area contributed by atoms with Gasteiger partial charge in [0.15, 0.2) is 0 Å². The maximum absolute atomic E-state index is 10.7. The maximum atomic E-state index is 10.7. The Morgan fingerprint density at radius 2 is 1.85 bits per heavy atom. The zero-order chi connectivity index (χ0) is 9.52. The van der Waals surface area contributed by atoms with Gasteiger partial charge >= 0.3 is 10.1 Å². The molecular formula is C6H11ClN2O3S. The van der Waals surface area contributed by atoms with Gasteiger partial charge in [-0.2, -0.15) is 13.5 Å². The van der Waals surface area contributed by atoms with Crippen molar-refractivity contribution in [2.75, 3.05) is 0 Å². The van der Waals surface area contributed by atoms with Crippen LogP contribution < -0.4 is 0 Å². The summed E-state index contributed by atoms with van der Waals surface area (Å²) in [7, 11) is -2.55. The lowest BCUT2D eigenvalue weighted by molar-refractivity contribution is 0.476. The molecule has 1 N–H and O–H groups in total. The predicted molar refractivity (Wildman–Crippen MR) is 49.7 cm³/mol. The quantitative estimate of drug-likeness (QED) is 0.716. The Labute approximate surface area is 82.9 Å². The van der Waals surface area contributed by atoms with E-state index >= 15 is 0 Å². The normalized spacial score (nSPS) is 11.1. The van der Waals surface area contributed by atoms with Gasteiger partial charge in [0.2, 0.25) is 5.03 Å². The first-order valence-corrected chi connectivity index (χ1v) is 4.75. The van der Waals surface area contributed by atoms with E-state index in [2.05, 4.69) is 5.10 Å². The van der Waals surface area contributed by atoms with Crippen molar-refractivity contribution >= 4 is 22.5 Å². The van der Waals surface area contributed by atoms with Gasteiger partial charge in [0, 0.05) is 18.3 Å². The number of nitrogens with zero attached hydrogens (tertiary/aromatic N) is 2. The average molecular weight is 227 g/mol. The summed E-state index contributed by atoms with van der Waals surface area (Å²) >= 11 is 0. The molecule has 1 aromatic rings. The second-order valence-electron chi connectivity index (χ2n) is 2.61. The molecule has 0 aliphatic rings. The van der Waals surface area contributed by atoms with E-state index in [4.69, 9.17) is 4.55 Å². The Morgan fingerprint density at radius 3 is 2.00 bits per heavy atom. The Balaban J connectivity index is 0.00000144. The van der Waals surface area contributed by atoms with Gasteiger partial charge in [0.1, 0.15) is 0 Å². The molecule has 0 radical (unpaired) electrons. The van der Waals surface area contributed by atoms with E-state index < -0.39 is 10.1 Å². The highest BCUT2D eigenvalue weighted by Gasteiger charge is 2.19. The summed E-state index contributed by atoms with van der Waals surface area (Å²) in [4.78, 5) is 0. The van der Waals surface area contributed by atoms with Gasteiger partial charge in [-0.05, 0) is 13.8 Å². The van der Waals surface area contributed by atoms with E-state index in [9.17, 15) is 8.42 Å². The molecular weight excluding hydrogens is 216 g/mol. The fourth-order valence-electron chi connectivity index (χ4n) is 0.929. The fourth-order valence-corrected chi connectivity index (χ4v) is 1.69. The largest absolute Gasteiger partial charge is 0.314 e. The monoisotopic (exact) mass is 226 g/mol. The summed E-state index contributed by atoms with van der Waals surface area (Å²) in [5.74, 6) is 0. The number of halogens is 1. The van der Waals surface area contributed by atoms with Crippen LogP contribution in [-0.2, 0) is 17.2 Å². The lowest BCUT2D eigenvalue weighted by Gasteiger charge is -1.91. The molecule has 1 aromatic heterocycles. The van der Waals surface area contributed by atoms with Crippen molar-refractivity contribution in [1.82, 2.24) is 9.78 Å². The highest BCUT2D eigenvalue weighted by atomic mass is 35.5. The lowest BCUT2D eigenvalue weighted by Crippen LogP contribution is -2.01. The van der Waals surface area contributed by atoms with Gasteiger partial charge in [0.05, 0.1) is 0 Å². The van der Waals surface area contributed by atoms with Crippen molar-refractivity contribution < 1.29 is 13.0 Å². The van der Waals surface area contributed by atoms with Crippen molar-refractivity contribution in [3.63, 3.8) is 0 Å². The van der Waals surface area contributed by atoms with E-state index in [1.165, 1.54) is 4.68 Å². The average Bonchev–Trinajstić information content (AvgIpc) is 2.15. The number of rotatable bonds is 1. The van der Waals surface area contributed by atoms with Crippen LogP contribution in [0.15, 0.2) is 5.03 Å². The van der Waals surface area contributed by atoms with Crippen molar-refractivity contribution in [1.29, 1.82) is 0 Å². The first-order chi connectivity index (χ1) is 5.34. The van der Waals surface area contributed by atoms with E-state index in [-0.39, 0.29) is 17.4 Å². The molecule has 0 aliphatic carbocycles. The molecule has 7 heteroatoms. The fraction of sp³-hybridized carbons (Fsp3) is 0.500. The Bertz CT molecular complexity index is 410. The summed E-state index contributed by atoms with van der Waals surface area (Å²) in [5, 5.41) is 3.40. The zero-order valence-electron chi connectivity index (χ0n) is 7.47. The molecule has 0 fully saturated rings. The molecule has 0 atom stereocenters. The van der Waals surface area contributed by atoms with Gasteiger partial charge in [-0.3, -0.25) is 9.23 Å². The Kier molecular flexibility index (Phi) is 3.48. The number of aromatic nitrogens is 2. The predicted octanol–water partition coefficient (Wildman–Crippen LogP) is 0.705. The first kappa shape index (κ1) is 12.4. The molecule has 0 amide bonds. The molecule has 0 unspecified atom stereocenters. The Morgan fingerprint density at radius 1 is 1.38 bits per heavy atom. The van der Waals surface area contributed by atoms with Crippen LogP contribution in [0, 0.1) is 13.8 Å². The third-order valence-corrected chi connectivity index (χ3v) is 2.71. The number of aryl methyl sites for hydroxylation is 1. The maximum Gasteiger partial charge on any atom is 0.314 e. The van der Waals surface area contributed by atoms with Crippen LogP contribution in [0.25, 0.3) is 0 Å². The van der Waals surface area contributed by atoms with E-state index in [1.807, 2.05) is 0 Å². The van der Waals surface area contributed by atoms with Crippen molar-refractivity contribution in [3.8, 4) is 0 Å². The number of hydrogen-bond donors (Lipinski definition) is 1. The van der Waals surface area contributed by atoms with Gasteiger partial charge < -0.3 is 0 Å². The van der Waals surface area contributed by atoms with E-state index in [1.54, 1.807) is 20.9 Å². The lowest BCUT2D eigenvalue weighted by atomic mass is 10.3. The molecule has 76 valence electrons. The van der Waals surface area contributed by atoms with Gasteiger partial charge in [-0.1, -0.05) is 0 Å². The minimum atomic E-state index is -4.17. The molecule has 0 saturated heterocycles. The highest BCUT2D eigenvalue weighted by molar-refractivity contribution is 7.85. The first-order valence-electron chi connectivity index (χ1n) is 3.31. The zero-order valence-corrected chi connectivity index (χ0v) is 9.11. The van der Waals surface area contributed by atoms with Crippen molar-refractivity contribution in [2.45, 2.75) is 18.9 Å². The molecule has 0 bridgehead atoms. The summed E-state index contributed by atoms with van der Waals surface area (Å²) in [5.41, 5.74) is 1.21. The van der Waals surface area contributed by atoms with Gasteiger partial charge in [-0.15, -0.1) is 12.4 Å². The summed E-state index contributed by atoms with van der Waals surface area (Å²) in [6.45, 7) is 3.34. The minimum absolute atomic E-state index is 0. The van der Waals surface area contributed by atoms with Crippen molar-refractivity contribution in [2.24, 2.45) is 7.05 Å². The van der Waals surface area contributed by atoms with Gasteiger partial charge in [-0.25, -0.2) is 0 Å². The second kappa shape index (κ2) is 3.65. The molecule has 1 rings (SSSR count). The molecule has 5 nitrogen and oxygen atoms in total. The van der Waals surface area contributed by atoms with Crippen LogP contribution in [-0.4, -0.2) is 22.8 Å². The SMILES string of the molecule is Cc1c(S(=O)(=O)O)nn(C)c1C.Cl. The van der Waals surface area contributed by atoms with Crippen LogP contribution >= 0.6 is 12.4 Å². The van der Waals surface area contributed by atoms with Crippen LogP contribution in [0.5, 0.6) is 0 Å². The minimum Gasteiger partial charge on any atom is -0.281 e. The van der Waals surface area contributed by atoms with Crippen LogP contribution in [0.1, 0.15) is 11.3 Å². The summed E-state index contributed by atoms with van der Waals surface area (Å²) in [6.07, 6.45) is 0. The molecule has 0 spiro atoms. The Hall–Kier alpha value is -0.590. The van der Waals surface area contributed by atoms with E-state index in [0.717, 1.165) is 5.69 Å². The molecule has 0 aromatic carbocycles. The molecule has 0 aliphatic heterocycles. The molecule has 13 heavy (non-hydrogen) atoms. The third-order valence-electron chi connectivity index (χ3n) is 1.83. The van der Waals surface area contributed by atoms with Gasteiger partial charge in [0.25, 0.3) is 0 Å². The molecule has 0 saturated carbocycles. The van der Waals surface area contributed by atoms with Crippen molar-refractivity contribution in [3.05, 3.63) is 11.3 Å². The second-order valence-corrected chi connectivity index (χ2v) is 3.95. The smallest absolute Gasteiger partial charge is 0.281 e. The van der Waals surface area contributed by atoms with Crippen LogP contribution in [0.2, 0.25) is 0 Å². The highest BCUT2D eigenvalue weighted by Crippen LogP contribution is 2.15. The number of hydrogen-bond acceptors (Lipinski definition) is 3. The molecule has 1 heterocycles. The summed E-state index contributed by atoms with van der Waals surface area (Å²) in [6, 6.07) is 0. The summed E-state index contributed by atoms with van der Waals surface area (Å²) < 4.78 is 31.5. The standard InChI is InChI=1S/C6H10N2O3S.ClH/c1-4-5(2)8(3)7-6(4)12(9,10)11;/h1-3H3,(H,9,10,11);1H. The third kappa shape index (κ3) is 2.20. The topological polar surface area (TPSA) is 72.2 Å². The van der Waals surface area contributed by atoms with Crippen LogP contribution in [0.4, 0.5) is 0 Å². The van der Waals surface area contributed by atoms with E-state index in [0.29, 0.717) is 5.56 Å². The van der Waals surface area contributed by atoms with Crippen LogP contribution in [0.3, 0.4) is 0 Å².